The Labute approximate surface area is 102 Å². The number of aliphatic hydroxyl groups excluding tert-OH is 1. The lowest BCUT2D eigenvalue weighted by Crippen LogP contribution is -2.33. The first-order valence-electron chi connectivity index (χ1n) is 5.86. The molecule has 0 spiro atoms. The number of benzene rings is 1. The molecule has 0 aliphatic heterocycles. The summed E-state index contributed by atoms with van der Waals surface area (Å²) in [6.45, 7) is 6.21. The average molecular weight is 239 g/mol. The van der Waals surface area contributed by atoms with E-state index in [2.05, 4.69) is 0 Å². The summed E-state index contributed by atoms with van der Waals surface area (Å²) < 4.78 is 5.27. The van der Waals surface area contributed by atoms with Crippen molar-refractivity contribution >= 4 is 0 Å². The summed E-state index contributed by atoms with van der Waals surface area (Å²) in [5.41, 5.74) is 6.56. The van der Waals surface area contributed by atoms with E-state index < -0.39 is 6.10 Å². The predicted molar refractivity (Wildman–Crippen MR) is 67.0 cm³/mol. The third-order valence-corrected chi connectivity index (χ3v) is 2.76. The molecule has 0 aliphatic carbocycles. The first-order valence-corrected chi connectivity index (χ1v) is 5.86. The van der Waals surface area contributed by atoms with E-state index in [9.17, 15) is 10.2 Å². The van der Waals surface area contributed by atoms with Gasteiger partial charge in [-0.3, -0.25) is 0 Å². The molecule has 4 N–H and O–H groups in total. The van der Waals surface area contributed by atoms with Gasteiger partial charge in [-0.15, -0.1) is 0 Å². The van der Waals surface area contributed by atoms with Crippen LogP contribution in [0.4, 0.5) is 0 Å². The van der Waals surface area contributed by atoms with Crippen LogP contribution in [0.2, 0.25) is 0 Å². The Bertz CT molecular complexity index is 366. The van der Waals surface area contributed by atoms with Gasteiger partial charge in [-0.1, -0.05) is 19.9 Å². The van der Waals surface area contributed by atoms with Gasteiger partial charge in [0.05, 0.1) is 12.7 Å². The number of aromatic hydroxyl groups is 1. The van der Waals surface area contributed by atoms with Gasteiger partial charge in [-0.25, -0.2) is 0 Å². The maximum atomic E-state index is 10.1. The molecule has 4 nitrogen and oxygen atoms in total. The topological polar surface area (TPSA) is 75.7 Å². The van der Waals surface area contributed by atoms with Crippen LogP contribution >= 0.6 is 0 Å². The molecule has 0 radical (unpaired) electrons. The minimum Gasteiger partial charge on any atom is -0.504 e. The van der Waals surface area contributed by atoms with Crippen molar-refractivity contribution in [1.29, 1.82) is 0 Å². The predicted octanol–water partition coefficient (Wildman–Crippen LogP) is 1.81. The molecule has 4 heteroatoms. The zero-order valence-electron chi connectivity index (χ0n) is 10.6. The lowest BCUT2D eigenvalue weighted by atomic mass is 9.94. The average Bonchev–Trinajstić information content (AvgIpc) is 2.30. The van der Waals surface area contributed by atoms with Crippen molar-refractivity contribution in [2.45, 2.75) is 32.9 Å². The largest absolute Gasteiger partial charge is 0.504 e. The Morgan fingerprint density at radius 2 is 2.00 bits per heavy atom. The molecule has 0 amide bonds. The number of phenols is 1. The van der Waals surface area contributed by atoms with E-state index in [1.807, 2.05) is 20.8 Å². The fourth-order valence-corrected chi connectivity index (χ4v) is 1.57. The molecule has 1 aromatic rings. The van der Waals surface area contributed by atoms with Gasteiger partial charge in [0.25, 0.3) is 0 Å². The maximum Gasteiger partial charge on any atom is 0.161 e. The summed E-state index contributed by atoms with van der Waals surface area (Å²) in [5.74, 6) is 0.621. The van der Waals surface area contributed by atoms with Gasteiger partial charge in [0.15, 0.2) is 11.5 Å². The van der Waals surface area contributed by atoms with Crippen LogP contribution in [0.15, 0.2) is 18.2 Å². The van der Waals surface area contributed by atoms with E-state index in [0.29, 0.717) is 17.9 Å². The SMILES string of the molecule is CCOc1cc(C(O)C(N)C(C)C)ccc1O. The second kappa shape index (κ2) is 5.89. The lowest BCUT2D eigenvalue weighted by molar-refractivity contribution is 0.125. The first kappa shape index (κ1) is 13.8. The van der Waals surface area contributed by atoms with Crippen LogP contribution in [0.1, 0.15) is 32.4 Å². The highest BCUT2D eigenvalue weighted by Gasteiger charge is 2.21. The zero-order chi connectivity index (χ0) is 13.0. The van der Waals surface area contributed by atoms with E-state index in [1.54, 1.807) is 12.1 Å². The van der Waals surface area contributed by atoms with E-state index in [1.165, 1.54) is 6.07 Å². The second-order valence-corrected chi connectivity index (χ2v) is 4.43. The molecule has 0 saturated heterocycles. The number of hydrogen-bond acceptors (Lipinski definition) is 4. The molecular weight excluding hydrogens is 218 g/mol. The van der Waals surface area contributed by atoms with Gasteiger partial charge in [-0.2, -0.15) is 0 Å². The van der Waals surface area contributed by atoms with Crippen LogP contribution in [0, 0.1) is 5.92 Å². The van der Waals surface area contributed by atoms with Gasteiger partial charge in [-0.05, 0) is 30.5 Å². The minimum atomic E-state index is -0.755. The number of rotatable bonds is 5. The summed E-state index contributed by atoms with van der Waals surface area (Å²) in [5, 5.41) is 19.6. The van der Waals surface area contributed by atoms with Crippen molar-refractivity contribution in [1.82, 2.24) is 0 Å². The van der Waals surface area contributed by atoms with E-state index in [0.717, 1.165) is 0 Å². The smallest absolute Gasteiger partial charge is 0.161 e. The molecule has 0 saturated carbocycles. The monoisotopic (exact) mass is 239 g/mol. The molecule has 17 heavy (non-hydrogen) atoms. The van der Waals surface area contributed by atoms with Crippen molar-refractivity contribution in [3.63, 3.8) is 0 Å². The lowest BCUT2D eigenvalue weighted by Gasteiger charge is -2.23. The van der Waals surface area contributed by atoms with Gasteiger partial charge in [0.2, 0.25) is 0 Å². The molecule has 0 aliphatic rings. The van der Waals surface area contributed by atoms with Crippen LogP contribution in [-0.2, 0) is 0 Å². The van der Waals surface area contributed by atoms with Gasteiger partial charge in [0.1, 0.15) is 0 Å². The quantitative estimate of drug-likeness (QED) is 0.732. The standard InChI is InChI=1S/C13H21NO3/c1-4-17-11-7-9(5-6-10(11)15)13(16)12(14)8(2)3/h5-8,12-13,15-16H,4,14H2,1-3H3. The van der Waals surface area contributed by atoms with Crippen molar-refractivity contribution < 1.29 is 14.9 Å². The summed E-state index contributed by atoms with van der Waals surface area (Å²) in [7, 11) is 0. The zero-order valence-corrected chi connectivity index (χ0v) is 10.6. The normalized spacial score (nSPS) is 14.7. The Morgan fingerprint density at radius 3 is 2.53 bits per heavy atom. The number of hydrogen-bond donors (Lipinski definition) is 3. The van der Waals surface area contributed by atoms with Crippen molar-refractivity contribution in [2.24, 2.45) is 11.7 Å². The number of nitrogens with two attached hydrogens (primary N) is 1. The Morgan fingerprint density at radius 1 is 1.35 bits per heavy atom. The summed E-state index contributed by atoms with van der Waals surface area (Å²) in [4.78, 5) is 0. The first-order chi connectivity index (χ1) is 7.97. The second-order valence-electron chi connectivity index (χ2n) is 4.43. The van der Waals surface area contributed by atoms with Crippen LogP contribution in [0.5, 0.6) is 11.5 Å². The molecule has 0 fully saturated rings. The summed E-state index contributed by atoms with van der Waals surface area (Å²) >= 11 is 0. The highest BCUT2D eigenvalue weighted by Crippen LogP contribution is 2.30. The fraction of sp³-hybridized carbons (Fsp3) is 0.538. The van der Waals surface area contributed by atoms with Crippen LogP contribution in [0.3, 0.4) is 0 Å². The van der Waals surface area contributed by atoms with E-state index in [4.69, 9.17) is 10.5 Å². The Hall–Kier alpha value is -1.26. The number of ether oxygens (including phenoxy) is 1. The summed E-state index contributed by atoms with van der Waals surface area (Å²) in [6.07, 6.45) is -0.755. The van der Waals surface area contributed by atoms with Crippen LogP contribution < -0.4 is 10.5 Å². The highest BCUT2D eigenvalue weighted by atomic mass is 16.5. The Balaban J connectivity index is 2.94. The minimum absolute atomic E-state index is 0.0703. The van der Waals surface area contributed by atoms with Gasteiger partial charge >= 0.3 is 0 Å². The number of aliphatic hydroxyl groups is 1. The third-order valence-electron chi connectivity index (χ3n) is 2.76. The van der Waals surface area contributed by atoms with Crippen molar-refractivity contribution in [2.75, 3.05) is 6.61 Å². The Kier molecular flexibility index (Phi) is 4.78. The van der Waals surface area contributed by atoms with Crippen LogP contribution in [-0.4, -0.2) is 22.9 Å². The molecule has 1 rings (SSSR count). The molecule has 1 aromatic carbocycles. The molecule has 0 aromatic heterocycles. The summed E-state index contributed by atoms with van der Waals surface area (Å²) in [6, 6.07) is 4.46. The van der Waals surface area contributed by atoms with Crippen molar-refractivity contribution in [3.8, 4) is 11.5 Å². The molecule has 2 unspecified atom stereocenters. The molecule has 0 bridgehead atoms. The van der Waals surface area contributed by atoms with E-state index in [-0.39, 0.29) is 17.7 Å². The fourth-order valence-electron chi connectivity index (χ4n) is 1.57. The van der Waals surface area contributed by atoms with Gasteiger partial charge < -0.3 is 20.7 Å². The highest BCUT2D eigenvalue weighted by molar-refractivity contribution is 5.42. The maximum absolute atomic E-state index is 10.1. The molecule has 96 valence electrons. The van der Waals surface area contributed by atoms with Crippen LogP contribution in [0.25, 0.3) is 0 Å². The third kappa shape index (κ3) is 3.35. The number of phenolic OH excluding ortho intramolecular Hbond substituents is 1. The molecule has 2 atom stereocenters. The van der Waals surface area contributed by atoms with E-state index >= 15 is 0 Å². The molecular formula is C13H21NO3. The molecule has 0 heterocycles. The van der Waals surface area contributed by atoms with Crippen molar-refractivity contribution in [3.05, 3.63) is 23.8 Å². The van der Waals surface area contributed by atoms with Gasteiger partial charge in [0, 0.05) is 6.04 Å².